The highest BCUT2D eigenvalue weighted by Crippen LogP contribution is 2.21. The molecule has 0 fully saturated rings. The van der Waals surface area contributed by atoms with Crippen molar-refractivity contribution in [2.45, 2.75) is 13.0 Å². The minimum absolute atomic E-state index is 0.151. The van der Waals surface area contributed by atoms with E-state index in [0.717, 1.165) is 26.0 Å². The van der Waals surface area contributed by atoms with Gasteiger partial charge in [0.05, 0.1) is 0 Å². The Hall–Kier alpha value is -1.58. The molecule has 0 radical (unpaired) electrons. The molecule has 0 amide bonds. The van der Waals surface area contributed by atoms with Crippen LogP contribution < -0.4 is 0 Å². The van der Waals surface area contributed by atoms with E-state index in [9.17, 15) is 4.79 Å². The zero-order valence-electron chi connectivity index (χ0n) is 11.2. The van der Waals surface area contributed by atoms with Crippen LogP contribution in [0.3, 0.4) is 0 Å². The molecule has 0 atom stereocenters. The van der Waals surface area contributed by atoms with Crippen LogP contribution in [0.25, 0.3) is 10.9 Å². The van der Waals surface area contributed by atoms with Crippen LogP contribution in [0.1, 0.15) is 16.8 Å². The van der Waals surface area contributed by atoms with Crippen molar-refractivity contribution in [1.82, 2.24) is 4.57 Å². The van der Waals surface area contributed by atoms with Crippen molar-refractivity contribution in [1.29, 1.82) is 0 Å². The number of benzene rings is 2. The van der Waals surface area contributed by atoms with Crippen molar-refractivity contribution in [3.8, 4) is 0 Å². The van der Waals surface area contributed by atoms with E-state index in [2.05, 4.69) is 20.5 Å². The Kier molecular flexibility index (Phi) is 4.13. The lowest BCUT2D eigenvalue weighted by molar-refractivity contribution is 0.0977. The number of ketones is 1. The number of aromatic nitrogens is 1. The molecule has 1 heterocycles. The summed E-state index contributed by atoms with van der Waals surface area (Å²) in [5.74, 6) is 0.151. The molecule has 0 aliphatic carbocycles. The number of hydrogen-bond acceptors (Lipinski definition) is 1. The van der Waals surface area contributed by atoms with Crippen LogP contribution in [-0.4, -0.2) is 10.4 Å². The highest BCUT2D eigenvalue weighted by Gasteiger charge is 2.07. The normalized spacial score (nSPS) is 11.0. The van der Waals surface area contributed by atoms with E-state index in [0.29, 0.717) is 13.0 Å². The second-order valence-electron chi connectivity index (χ2n) is 4.89. The number of fused-ring (bicyclic) bond motifs is 1. The molecular formula is C17H13BrClNO. The maximum atomic E-state index is 12.2. The topological polar surface area (TPSA) is 22.0 Å². The predicted octanol–water partition coefficient (Wildman–Crippen LogP) is 5.33. The van der Waals surface area contributed by atoms with E-state index in [1.807, 2.05) is 54.7 Å². The fraction of sp³-hybridized carbons (Fsp3) is 0.118. The lowest BCUT2D eigenvalue weighted by Crippen LogP contribution is -2.05. The lowest BCUT2D eigenvalue weighted by atomic mass is 10.1. The van der Waals surface area contributed by atoms with Crippen molar-refractivity contribution in [3.63, 3.8) is 0 Å². The summed E-state index contributed by atoms with van der Waals surface area (Å²) in [7, 11) is 0. The Morgan fingerprint density at radius 3 is 2.62 bits per heavy atom. The molecule has 0 unspecified atom stereocenters. The van der Waals surface area contributed by atoms with Gasteiger partial charge in [-0.15, -0.1) is 0 Å². The third-order valence-electron chi connectivity index (χ3n) is 3.48. The van der Waals surface area contributed by atoms with Crippen molar-refractivity contribution in [2.24, 2.45) is 0 Å². The quantitative estimate of drug-likeness (QED) is 0.575. The number of Topliss-reactive ketones (excluding diaryl/α,β-unsaturated/α-hetero) is 1. The molecule has 0 aliphatic heterocycles. The van der Waals surface area contributed by atoms with E-state index in [-0.39, 0.29) is 5.78 Å². The van der Waals surface area contributed by atoms with Crippen molar-refractivity contribution < 1.29 is 4.79 Å². The van der Waals surface area contributed by atoms with Gasteiger partial charge in [0.25, 0.3) is 0 Å². The van der Waals surface area contributed by atoms with Crippen molar-refractivity contribution in [2.75, 3.05) is 0 Å². The van der Waals surface area contributed by atoms with Gasteiger partial charge in [-0.3, -0.25) is 4.79 Å². The number of nitrogens with zero attached hydrogens (tertiary/aromatic N) is 1. The van der Waals surface area contributed by atoms with Crippen LogP contribution in [0.2, 0.25) is 5.02 Å². The molecule has 3 aromatic rings. The summed E-state index contributed by atoms with van der Waals surface area (Å²) in [6.45, 7) is 0.667. The highest BCUT2D eigenvalue weighted by molar-refractivity contribution is 9.10. The molecule has 0 saturated heterocycles. The maximum Gasteiger partial charge on any atom is 0.164 e. The van der Waals surface area contributed by atoms with Crippen LogP contribution in [0, 0.1) is 0 Å². The van der Waals surface area contributed by atoms with E-state index in [1.165, 1.54) is 0 Å². The molecule has 4 heteroatoms. The van der Waals surface area contributed by atoms with Gasteiger partial charge in [-0.25, -0.2) is 0 Å². The molecule has 106 valence electrons. The highest BCUT2D eigenvalue weighted by atomic mass is 79.9. The molecule has 0 bridgehead atoms. The summed E-state index contributed by atoms with van der Waals surface area (Å²) in [5.41, 5.74) is 1.85. The van der Waals surface area contributed by atoms with E-state index < -0.39 is 0 Å². The molecule has 0 saturated carbocycles. The van der Waals surface area contributed by atoms with Gasteiger partial charge in [0.2, 0.25) is 0 Å². The standard InChI is InChI=1S/C17H13BrClNO/c18-14-3-1-12(2-4-14)17(21)8-10-20-9-7-13-11-15(19)5-6-16(13)20/h1-7,9,11H,8,10H2. The van der Waals surface area contributed by atoms with Gasteiger partial charge in [-0.2, -0.15) is 0 Å². The van der Waals surface area contributed by atoms with E-state index >= 15 is 0 Å². The maximum absolute atomic E-state index is 12.2. The molecule has 0 spiro atoms. The van der Waals surface area contributed by atoms with E-state index in [1.54, 1.807) is 0 Å². The Bertz CT molecular complexity index is 792. The average molecular weight is 363 g/mol. The fourth-order valence-electron chi connectivity index (χ4n) is 2.37. The number of aryl methyl sites for hydroxylation is 1. The van der Waals surface area contributed by atoms with Gasteiger partial charge in [0.1, 0.15) is 0 Å². The number of carbonyl (C=O) groups is 1. The Labute approximate surface area is 136 Å². The summed E-state index contributed by atoms with van der Waals surface area (Å²) in [4.78, 5) is 12.2. The first-order chi connectivity index (χ1) is 10.1. The average Bonchev–Trinajstić information content (AvgIpc) is 2.87. The summed E-state index contributed by atoms with van der Waals surface area (Å²) in [6.07, 6.45) is 2.48. The molecule has 0 N–H and O–H groups in total. The first kappa shape index (κ1) is 14.4. The van der Waals surface area contributed by atoms with Gasteiger partial charge < -0.3 is 4.57 Å². The minimum Gasteiger partial charge on any atom is -0.347 e. The Balaban J connectivity index is 1.74. The number of carbonyl (C=O) groups excluding carboxylic acids is 1. The summed E-state index contributed by atoms with van der Waals surface area (Å²) in [5, 5.41) is 1.82. The van der Waals surface area contributed by atoms with Gasteiger partial charge in [0, 0.05) is 45.1 Å². The zero-order valence-corrected chi connectivity index (χ0v) is 13.6. The van der Waals surface area contributed by atoms with Crippen LogP contribution in [-0.2, 0) is 6.54 Å². The Morgan fingerprint density at radius 1 is 1.10 bits per heavy atom. The molecule has 2 nitrogen and oxygen atoms in total. The summed E-state index contributed by atoms with van der Waals surface area (Å²) >= 11 is 9.35. The molecule has 0 aliphatic rings. The third-order valence-corrected chi connectivity index (χ3v) is 4.24. The number of halogens is 2. The number of rotatable bonds is 4. The van der Waals surface area contributed by atoms with E-state index in [4.69, 9.17) is 11.6 Å². The SMILES string of the molecule is O=C(CCn1ccc2cc(Cl)ccc21)c1ccc(Br)cc1. The van der Waals surface area contributed by atoms with Gasteiger partial charge in [-0.05, 0) is 36.4 Å². The molecule has 21 heavy (non-hydrogen) atoms. The second-order valence-corrected chi connectivity index (χ2v) is 6.24. The smallest absolute Gasteiger partial charge is 0.164 e. The van der Waals surface area contributed by atoms with Crippen LogP contribution in [0.4, 0.5) is 0 Å². The zero-order chi connectivity index (χ0) is 14.8. The van der Waals surface area contributed by atoms with Gasteiger partial charge >= 0.3 is 0 Å². The Morgan fingerprint density at radius 2 is 1.86 bits per heavy atom. The van der Waals surface area contributed by atoms with Crippen molar-refractivity contribution in [3.05, 3.63) is 69.8 Å². The third kappa shape index (κ3) is 3.20. The second kappa shape index (κ2) is 6.04. The first-order valence-electron chi connectivity index (χ1n) is 6.67. The monoisotopic (exact) mass is 361 g/mol. The van der Waals surface area contributed by atoms with Crippen LogP contribution in [0.15, 0.2) is 59.2 Å². The first-order valence-corrected chi connectivity index (χ1v) is 7.84. The summed E-state index contributed by atoms with van der Waals surface area (Å²) in [6, 6.07) is 15.3. The van der Waals surface area contributed by atoms with Gasteiger partial charge in [-0.1, -0.05) is 39.7 Å². The van der Waals surface area contributed by atoms with Crippen LogP contribution >= 0.6 is 27.5 Å². The molecule has 1 aromatic heterocycles. The molecule has 3 rings (SSSR count). The minimum atomic E-state index is 0.151. The molecular weight excluding hydrogens is 350 g/mol. The number of hydrogen-bond donors (Lipinski definition) is 0. The summed E-state index contributed by atoms with van der Waals surface area (Å²) < 4.78 is 3.06. The van der Waals surface area contributed by atoms with Crippen molar-refractivity contribution >= 4 is 44.2 Å². The fourth-order valence-corrected chi connectivity index (χ4v) is 2.81. The van der Waals surface area contributed by atoms with Crippen LogP contribution in [0.5, 0.6) is 0 Å². The largest absolute Gasteiger partial charge is 0.347 e. The van der Waals surface area contributed by atoms with Gasteiger partial charge in [0.15, 0.2) is 5.78 Å². The predicted molar refractivity (Wildman–Crippen MR) is 90.0 cm³/mol. The molecule has 2 aromatic carbocycles. The lowest BCUT2D eigenvalue weighted by Gasteiger charge is -2.05.